The molecular formula is C15H14N4O. The first-order chi connectivity index (χ1) is 9.65. The largest absolute Gasteiger partial charge is 0.399 e. The van der Waals surface area contributed by atoms with Gasteiger partial charge in [0.05, 0.1) is 6.20 Å². The molecule has 1 aliphatic heterocycles. The molecule has 5 nitrogen and oxygen atoms in total. The van der Waals surface area contributed by atoms with E-state index in [-0.39, 0.29) is 5.91 Å². The van der Waals surface area contributed by atoms with Crippen molar-refractivity contribution < 1.29 is 4.79 Å². The Morgan fingerprint density at radius 2 is 1.20 bits per heavy atom. The quantitative estimate of drug-likeness (QED) is 0.777. The van der Waals surface area contributed by atoms with Crippen LogP contribution < -0.4 is 11.5 Å². The Kier molecular flexibility index (Phi) is 4.24. The van der Waals surface area contributed by atoms with Crippen molar-refractivity contribution in [3.63, 3.8) is 0 Å². The van der Waals surface area contributed by atoms with Gasteiger partial charge in [-0.15, -0.1) is 5.11 Å². The van der Waals surface area contributed by atoms with E-state index in [1.807, 2.05) is 48.5 Å². The van der Waals surface area contributed by atoms with Gasteiger partial charge in [-0.3, -0.25) is 4.79 Å². The summed E-state index contributed by atoms with van der Waals surface area (Å²) < 4.78 is 0. The Morgan fingerprint density at radius 1 is 0.750 bits per heavy atom. The fourth-order valence-corrected chi connectivity index (χ4v) is 1.57. The van der Waals surface area contributed by atoms with Crippen LogP contribution in [0.15, 0.2) is 71.0 Å². The number of carbonyl (C=O) groups excluding carboxylic acids is 1. The monoisotopic (exact) mass is 266 g/mol. The predicted octanol–water partition coefficient (Wildman–Crippen LogP) is 3.01. The number of nitrogens with two attached hydrogens (primary N) is 2. The SMILES string of the molecule is Nc1ccc(-c2ccc(N)cc2)cc1.O=C1C=CN=N1. The summed E-state index contributed by atoms with van der Waals surface area (Å²) in [7, 11) is 0. The van der Waals surface area contributed by atoms with Gasteiger partial charge in [0.2, 0.25) is 0 Å². The van der Waals surface area contributed by atoms with Crippen LogP contribution in [0.4, 0.5) is 11.4 Å². The Bertz CT molecular complexity index is 585. The minimum absolute atomic E-state index is 0.269. The van der Waals surface area contributed by atoms with E-state index in [0.717, 1.165) is 22.5 Å². The van der Waals surface area contributed by atoms with Crippen molar-refractivity contribution in [3.05, 3.63) is 60.8 Å². The van der Waals surface area contributed by atoms with Gasteiger partial charge >= 0.3 is 0 Å². The van der Waals surface area contributed by atoms with E-state index in [1.165, 1.54) is 12.3 Å². The summed E-state index contributed by atoms with van der Waals surface area (Å²) in [6, 6.07) is 15.6. The first-order valence-corrected chi connectivity index (χ1v) is 5.98. The van der Waals surface area contributed by atoms with Gasteiger partial charge in [0.15, 0.2) is 0 Å². The van der Waals surface area contributed by atoms with Crippen molar-refractivity contribution in [3.8, 4) is 11.1 Å². The number of nitrogens with zero attached hydrogens (tertiary/aromatic N) is 2. The smallest absolute Gasteiger partial charge is 0.289 e. The molecule has 20 heavy (non-hydrogen) atoms. The lowest BCUT2D eigenvalue weighted by atomic mass is 10.1. The normalized spacial score (nSPS) is 12.1. The third-order valence-electron chi connectivity index (χ3n) is 2.59. The molecular weight excluding hydrogens is 252 g/mol. The maximum atomic E-state index is 9.90. The summed E-state index contributed by atoms with van der Waals surface area (Å²) >= 11 is 0. The van der Waals surface area contributed by atoms with Gasteiger partial charge in [-0.25, -0.2) is 0 Å². The molecule has 0 saturated carbocycles. The van der Waals surface area contributed by atoms with Gasteiger partial charge in [-0.2, -0.15) is 5.11 Å². The number of nitrogen functional groups attached to an aromatic ring is 2. The Balaban J connectivity index is 0.000000205. The third-order valence-corrected chi connectivity index (χ3v) is 2.59. The molecule has 4 N–H and O–H groups in total. The lowest BCUT2D eigenvalue weighted by molar-refractivity contribution is -0.113. The zero-order valence-corrected chi connectivity index (χ0v) is 10.7. The van der Waals surface area contributed by atoms with Crippen LogP contribution in [0.5, 0.6) is 0 Å². The molecule has 2 aromatic rings. The van der Waals surface area contributed by atoms with Crippen molar-refractivity contribution in [2.75, 3.05) is 11.5 Å². The number of hydrogen-bond acceptors (Lipinski definition) is 4. The average molecular weight is 266 g/mol. The molecule has 0 atom stereocenters. The lowest BCUT2D eigenvalue weighted by Gasteiger charge is -2.02. The standard InChI is InChI=1S/C12H12N2.C3H2N2O/c13-11-5-1-9(2-6-11)10-3-7-12(14)8-4-10;6-3-1-2-4-5-3/h1-8H,13-14H2;1-2H. The first kappa shape index (κ1) is 13.5. The molecule has 0 bridgehead atoms. The van der Waals surface area contributed by atoms with E-state index in [1.54, 1.807) is 0 Å². The van der Waals surface area contributed by atoms with Gasteiger partial charge in [0.1, 0.15) is 0 Å². The number of carbonyl (C=O) groups is 1. The molecule has 0 radical (unpaired) electrons. The highest BCUT2D eigenvalue weighted by atomic mass is 16.1. The molecule has 1 aliphatic rings. The lowest BCUT2D eigenvalue weighted by Crippen LogP contribution is -1.85. The summed E-state index contributed by atoms with van der Waals surface area (Å²) in [6.45, 7) is 0. The minimum Gasteiger partial charge on any atom is -0.399 e. The number of rotatable bonds is 1. The second-order valence-electron chi connectivity index (χ2n) is 4.11. The van der Waals surface area contributed by atoms with Crippen LogP contribution in [-0.4, -0.2) is 5.91 Å². The summed E-state index contributed by atoms with van der Waals surface area (Å²) in [6.07, 6.45) is 2.67. The molecule has 0 spiro atoms. The summed E-state index contributed by atoms with van der Waals surface area (Å²) in [5.74, 6) is -0.269. The van der Waals surface area contributed by atoms with Gasteiger partial charge in [0.25, 0.3) is 5.91 Å². The van der Waals surface area contributed by atoms with Crippen molar-refractivity contribution in [2.45, 2.75) is 0 Å². The molecule has 3 rings (SSSR count). The van der Waals surface area contributed by atoms with Crippen molar-refractivity contribution in [2.24, 2.45) is 10.2 Å². The Morgan fingerprint density at radius 3 is 1.45 bits per heavy atom. The maximum absolute atomic E-state index is 9.90. The fourth-order valence-electron chi connectivity index (χ4n) is 1.57. The summed E-state index contributed by atoms with van der Waals surface area (Å²) in [5.41, 5.74) is 15.1. The highest BCUT2D eigenvalue weighted by Crippen LogP contribution is 2.21. The molecule has 0 unspecified atom stereocenters. The van der Waals surface area contributed by atoms with Crippen molar-refractivity contribution >= 4 is 17.3 Å². The van der Waals surface area contributed by atoms with Crippen LogP contribution in [0.25, 0.3) is 11.1 Å². The van der Waals surface area contributed by atoms with Gasteiger partial charge in [-0.1, -0.05) is 24.3 Å². The second kappa shape index (κ2) is 6.29. The van der Waals surface area contributed by atoms with Crippen LogP contribution in [0, 0.1) is 0 Å². The maximum Gasteiger partial charge on any atom is 0.289 e. The van der Waals surface area contributed by atoms with Crippen molar-refractivity contribution in [1.29, 1.82) is 0 Å². The van der Waals surface area contributed by atoms with Crippen LogP contribution >= 0.6 is 0 Å². The molecule has 0 aromatic heterocycles. The Labute approximate surface area is 116 Å². The van der Waals surface area contributed by atoms with Crippen LogP contribution in [-0.2, 0) is 4.79 Å². The number of azo groups is 1. The van der Waals surface area contributed by atoms with E-state index in [2.05, 4.69) is 10.2 Å². The fraction of sp³-hybridized carbons (Fsp3) is 0. The Hall–Kier alpha value is -2.95. The molecule has 2 aromatic carbocycles. The number of amides is 1. The van der Waals surface area contributed by atoms with Crippen molar-refractivity contribution in [1.82, 2.24) is 0 Å². The molecule has 1 heterocycles. The molecule has 0 fully saturated rings. The van der Waals surface area contributed by atoms with E-state index in [9.17, 15) is 4.79 Å². The predicted molar refractivity (Wildman–Crippen MR) is 79.7 cm³/mol. The summed E-state index contributed by atoms with van der Waals surface area (Å²) in [4.78, 5) is 9.90. The van der Waals surface area contributed by atoms with E-state index >= 15 is 0 Å². The van der Waals surface area contributed by atoms with E-state index in [0.29, 0.717) is 0 Å². The summed E-state index contributed by atoms with van der Waals surface area (Å²) in [5, 5.41) is 6.37. The second-order valence-corrected chi connectivity index (χ2v) is 4.11. The molecule has 1 amide bonds. The number of benzene rings is 2. The minimum atomic E-state index is -0.269. The molecule has 0 saturated heterocycles. The zero-order chi connectivity index (χ0) is 14.4. The highest BCUT2D eigenvalue weighted by Gasteiger charge is 1.96. The van der Waals surface area contributed by atoms with Crippen LogP contribution in [0.1, 0.15) is 0 Å². The molecule has 0 aliphatic carbocycles. The van der Waals surface area contributed by atoms with Crippen LogP contribution in [0.3, 0.4) is 0 Å². The van der Waals surface area contributed by atoms with Gasteiger partial charge in [-0.05, 0) is 35.4 Å². The zero-order valence-electron chi connectivity index (χ0n) is 10.7. The highest BCUT2D eigenvalue weighted by molar-refractivity contribution is 5.89. The average Bonchev–Trinajstić information content (AvgIpc) is 2.93. The number of anilines is 2. The molecule has 100 valence electrons. The van der Waals surface area contributed by atoms with E-state index < -0.39 is 0 Å². The molecule has 5 heteroatoms. The van der Waals surface area contributed by atoms with Gasteiger partial charge < -0.3 is 11.5 Å². The van der Waals surface area contributed by atoms with E-state index in [4.69, 9.17) is 11.5 Å². The number of hydrogen-bond donors (Lipinski definition) is 2. The first-order valence-electron chi connectivity index (χ1n) is 5.98. The van der Waals surface area contributed by atoms with Crippen LogP contribution in [0.2, 0.25) is 0 Å². The third kappa shape index (κ3) is 3.78. The van der Waals surface area contributed by atoms with Gasteiger partial charge in [0, 0.05) is 17.5 Å². The topological polar surface area (TPSA) is 93.8 Å².